The van der Waals surface area contributed by atoms with Crippen LogP contribution in [-0.4, -0.2) is 31.4 Å². The largest absolute Gasteiger partial charge is 0.366 e. The van der Waals surface area contributed by atoms with Gasteiger partial charge in [0.2, 0.25) is 5.91 Å². The Balaban J connectivity index is 0.00000220. The number of benzene rings is 1. The van der Waals surface area contributed by atoms with Crippen molar-refractivity contribution in [2.45, 2.75) is 19.8 Å². The zero-order valence-corrected chi connectivity index (χ0v) is 13.0. The first kappa shape index (κ1) is 17.5. The molecule has 0 aliphatic carbocycles. The van der Waals surface area contributed by atoms with Gasteiger partial charge in [-0.1, -0.05) is 13.0 Å². The number of carbonyl (C=O) groups excluding carboxylic acids is 2. The third-order valence-electron chi connectivity index (χ3n) is 3.77. The zero-order chi connectivity index (χ0) is 14.6. The summed E-state index contributed by atoms with van der Waals surface area (Å²) >= 11 is 0. The van der Waals surface area contributed by atoms with Gasteiger partial charge in [0.05, 0.1) is 0 Å². The van der Waals surface area contributed by atoms with Crippen LogP contribution in [-0.2, 0) is 0 Å². The van der Waals surface area contributed by atoms with Crippen LogP contribution < -0.4 is 16.4 Å². The van der Waals surface area contributed by atoms with E-state index in [1.54, 1.807) is 18.2 Å². The molecule has 1 aliphatic rings. The van der Waals surface area contributed by atoms with Gasteiger partial charge in [-0.3, -0.25) is 9.59 Å². The molecule has 0 radical (unpaired) electrons. The van der Waals surface area contributed by atoms with Crippen LogP contribution in [0.25, 0.3) is 0 Å². The fourth-order valence-electron chi connectivity index (χ4n) is 2.48. The molecule has 116 valence electrons. The maximum atomic E-state index is 12.1. The molecule has 0 aromatic heterocycles. The Labute approximate surface area is 131 Å². The number of carbonyl (C=O) groups is 2. The van der Waals surface area contributed by atoms with E-state index in [0.717, 1.165) is 25.9 Å². The Morgan fingerprint density at radius 1 is 1.38 bits per heavy atom. The third-order valence-corrected chi connectivity index (χ3v) is 3.77. The maximum absolute atomic E-state index is 12.1. The normalized spacial score (nSPS) is 21.2. The second-order valence-electron chi connectivity index (χ2n) is 5.72. The van der Waals surface area contributed by atoms with E-state index in [1.807, 2.05) is 0 Å². The average Bonchev–Trinajstić information content (AvgIpc) is 2.46. The number of hydrogen-bond acceptors (Lipinski definition) is 3. The molecule has 1 heterocycles. The van der Waals surface area contributed by atoms with Crippen LogP contribution in [0.5, 0.6) is 0 Å². The van der Waals surface area contributed by atoms with Gasteiger partial charge in [-0.15, -0.1) is 12.4 Å². The van der Waals surface area contributed by atoms with Crippen LogP contribution in [0.4, 0.5) is 0 Å². The Kier molecular flexibility index (Phi) is 6.18. The Hall–Kier alpha value is -1.59. The lowest BCUT2D eigenvalue weighted by Crippen LogP contribution is -2.45. The third kappa shape index (κ3) is 4.72. The number of rotatable bonds is 4. The molecule has 1 atom stereocenters. The van der Waals surface area contributed by atoms with Crippen molar-refractivity contribution in [3.8, 4) is 0 Å². The van der Waals surface area contributed by atoms with Crippen LogP contribution in [0.1, 0.15) is 40.5 Å². The van der Waals surface area contributed by atoms with Crippen LogP contribution in [0.15, 0.2) is 24.3 Å². The second kappa shape index (κ2) is 7.43. The van der Waals surface area contributed by atoms with Crippen molar-refractivity contribution in [1.82, 2.24) is 10.6 Å². The highest BCUT2D eigenvalue weighted by Gasteiger charge is 2.27. The molecule has 4 N–H and O–H groups in total. The lowest BCUT2D eigenvalue weighted by molar-refractivity contribution is 0.0924. The van der Waals surface area contributed by atoms with E-state index in [1.165, 1.54) is 6.07 Å². The molecule has 0 saturated carbocycles. The molecular weight excluding hydrogens is 290 g/mol. The molecule has 1 aliphatic heterocycles. The van der Waals surface area contributed by atoms with Crippen LogP contribution in [0.2, 0.25) is 0 Å². The molecule has 5 nitrogen and oxygen atoms in total. The Bertz CT molecular complexity index is 513. The number of nitrogens with one attached hydrogen (secondary N) is 2. The number of nitrogens with two attached hydrogens (primary N) is 1. The lowest BCUT2D eigenvalue weighted by Gasteiger charge is -2.34. The van der Waals surface area contributed by atoms with E-state index in [0.29, 0.717) is 17.7 Å². The maximum Gasteiger partial charge on any atom is 0.251 e. The van der Waals surface area contributed by atoms with Gasteiger partial charge < -0.3 is 16.4 Å². The van der Waals surface area contributed by atoms with E-state index in [9.17, 15) is 9.59 Å². The van der Waals surface area contributed by atoms with Gasteiger partial charge in [0, 0.05) is 24.2 Å². The fraction of sp³-hybridized carbons (Fsp3) is 0.467. The van der Waals surface area contributed by atoms with E-state index < -0.39 is 5.91 Å². The monoisotopic (exact) mass is 311 g/mol. The summed E-state index contributed by atoms with van der Waals surface area (Å²) in [7, 11) is 0. The highest BCUT2D eigenvalue weighted by atomic mass is 35.5. The van der Waals surface area contributed by atoms with E-state index >= 15 is 0 Å². The van der Waals surface area contributed by atoms with E-state index in [-0.39, 0.29) is 23.7 Å². The molecular formula is C15H22ClN3O2. The van der Waals surface area contributed by atoms with Crippen molar-refractivity contribution in [2.24, 2.45) is 11.1 Å². The summed E-state index contributed by atoms with van der Waals surface area (Å²) in [6.07, 6.45) is 2.23. The number of piperidine rings is 1. The Morgan fingerprint density at radius 2 is 2.10 bits per heavy atom. The van der Waals surface area contributed by atoms with Gasteiger partial charge in [0.1, 0.15) is 0 Å². The smallest absolute Gasteiger partial charge is 0.251 e. The minimum Gasteiger partial charge on any atom is -0.366 e. The molecule has 0 spiro atoms. The molecule has 2 amide bonds. The first-order valence-corrected chi connectivity index (χ1v) is 6.89. The van der Waals surface area contributed by atoms with Crippen LogP contribution >= 0.6 is 12.4 Å². The highest BCUT2D eigenvalue weighted by molar-refractivity contribution is 5.99. The summed E-state index contributed by atoms with van der Waals surface area (Å²) in [4.78, 5) is 23.2. The molecule has 1 saturated heterocycles. The van der Waals surface area contributed by atoms with E-state index in [4.69, 9.17) is 5.73 Å². The predicted octanol–water partition coefficient (Wildman–Crippen LogP) is 1.33. The topological polar surface area (TPSA) is 84.2 Å². The van der Waals surface area contributed by atoms with Gasteiger partial charge in [-0.2, -0.15) is 0 Å². The molecule has 2 rings (SSSR count). The number of amides is 2. The van der Waals surface area contributed by atoms with Gasteiger partial charge in [0.15, 0.2) is 0 Å². The van der Waals surface area contributed by atoms with Crippen molar-refractivity contribution in [3.05, 3.63) is 35.4 Å². The van der Waals surface area contributed by atoms with E-state index in [2.05, 4.69) is 17.6 Å². The summed E-state index contributed by atoms with van der Waals surface area (Å²) in [5.41, 5.74) is 6.12. The molecule has 1 aromatic rings. The number of halogens is 1. The first-order valence-electron chi connectivity index (χ1n) is 6.89. The van der Waals surface area contributed by atoms with Crippen molar-refractivity contribution >= 4 is 24.2 Å². The Morgan fingerprint density at radius 3 is 2.71 bits per heavy atom. The SMILES string of the molecule is CC1(CNC(=O)c2cccc(C(N)=O)c2)CCCNC1.Cl. The van der Waals surface area contributed by atoms with Crippen molar-refractivity contribution in [2.75, 3.05) is 19.6 Å². The summed E-state index contributed by atoms with van der Waals surface area (Å²) < 4.78 is 0. The van der Waals surface area contributed by atoms with Crippen molar-refractivity contribution in [3.63, 3.8) is 0 Å². The molecule has 1 fully saturated rings. The summed E-state index contributed by atoms with van der Waals surface area (Å²) in [6, 6.07) is 6.48. The number of primary amides is 1. The fourth-order valence-corrected chi connectivity index (χ4v) is 2.48. The second-order valence-corrected chi connectivity index (χ2v) is 5.72. The lowest BCUT2D eigenvalue weighted by atomic mass is 9.83. The van der Waals surface area contributed by atoms with Crippen LogP contribution in [0.3, 0.4) is 0 Å². The molecule has 0 bridgehead atoms. The van der Waals surface area contributed by atoms with Crippen molar-refractivity contribution in [1.29, 1.82) is 0 Å². The minimum absolute atomic E-state index is 0. The highest BCUT2D eigenvalue weighted by Crippen LogP contribution is 2.24. The summed E-state index contributed by atoms with van der Waals surface area (Å²) in [6.45, 7) is 4.75. The molecule has 6 heteroatoms. The standard InChI is InChI=1S/C15H21N3O2.ClH/c1-15(6-3-7-17-9-15)10-18-14(20)12-5-2-4-11(8-12)13(16)19;/h2,4-5,8,17H,3,6-7,9-10H2,1H3,(H2,16,19)(H,18,20);1H. The van der Waals surface area contributed by atoms with Crippen LogP contribution in [0, 0.1) is 5.41 Å². The predicted molar refractivity (Wildman–Crippen MR) is 84.8 cm³/mol. The molecule has 1 unspecified atom stereocenters. The van der Waals surface area contributed by atoms with Gasteiger partial charge in [0.25, 0.3) is 5.91 Å². The summed E-state index contributed by atoms with van der Waals surface area (Å²) in [5, 5.41) is 6.29. The molecule has 1 aromatic carbocycles. The summed E-state index contributed by atoms with van der Waals surface area (Å²) in [5.74, 6) is -0.692. The quantitative estimate of drug-likeness (QED) is 0.784. The van der Waals surface area contributed by atoms with Gasteiger partial charge >= 0.3 is 0 Å². The average molecular weight is 312 g/mol. The first-order chi connectivity index (χ1) is 9.50. The molecule has 21 heavy (non-hydrogen) atoms. The minimum atomic E-state index is -0.525. The van der Waals surface area contributed by atoms with Crippen molar-refractivity contribution < 1.29 is 9.59 Å². The zero-order valence-electron chi connectivity index (χ0n) is 12.1. The van der Waals surface area contributed by atoms with Gasteiger partial charge in [-0.25, -0.2) is 0 Å². The number of hydrogen-bond donors (Lipinski definition) is 3. The van der Waals surface area contributed by atoms with Gasteiger partial charge in [-0.05, 0) is 43.0 Å².